The second-order valence-corrected chi connectivity index (χ2v) is 11.6. The van der Waals surface area contributed by atoms with Crippen molar-refractivity contribution in [3.8, 4) is 40.4 Å². The molecule has 1 N–H and O–H groups in total. The van der Waals surface area contributed by atoms with Gasteiger partial charge in [0, 0.05) is 18.1 Å². The van der Waals surface area contributed by atoms with Crippen LogP contribution in [0.15, 0.2) is 54.9 Å². The van der Waals surface area contributed by atoms with Crippen LogP contribution in [-0.2, 0) is 9.09 Å². The zero-order valence-corrected chi connectivity index (χ0v) is 24.1. The molecule has 2 aliphatic heterocycles. The highest BCUT2D eigenvalue weighted by Crippen LogP contribution is 2.53. The molecule has 15 heteroatoms. The number of rotatable bonds is 9. The maximum atomic E-state index is 14.1. The van der Waals surface area contributed by atoms with Crippen LogP contribution < -0.4 is 32.7 Å². The number of imidazole rings is 1. The molecule has 3 atom stereocenters. The van der Waals surface area contributed by atoms with E-state index in [2.05, 4.69) is 21.5 Å². The van der Waals surface area contributed by atoms with Gasteiger partial charge in [-0.05, 0) is 43.2 Å². The van der Waals surface area contributed by atoms with Crippen molar-refractivity contribution in [3.63, 3.8) is 0 Å². The Balaban J connectivity index is 1.14. The molecule has 4 aromatic rings. The van der Waals surface area contributed by atoms with Crippen molar-refractivity contribution >= 4 is 19.0 Å². The lowest BCUT2D eigenvalue weighted by molar-refractivity contribution is 0.0971. The second-order valence-electron chi connectivity index (χ2n) is 10.1. The third-order valence-electron chi connectivity index (χ3n) is 7.40. The molecule has 0 spiro atoms. The van der Waals surface area contributed by atoms with Gasteiger partial charge in [-0.1, -0.05) is 6.58 Å². The Kier molecular flexibility index (Phi) is 6.76. The van der Waals surface area contributed by atoms with Crippen LogP contribution in [0.4, 0.5) is 0 Å². The number of aryl methyl sites for hydroxylation is 1. The lowest BCUT2D eigenvalue weighted by atomic mass is 10.0. The van der Waals surface area contributed by atoms with Crippen molar-refractivity contribution in [3.05, 3.63) is 60.7 Å². The van der Waals surface area contributed by atoms with Crippen molar-refractivity contribution in [2.24, 2.45) is 5.92 Å². The van der Waals surface area contributed by atoms with E-state index >= 15 is 0 Å². The number of methoxy groups -OCH3 is 1. The molecule has 224 valence electrons. The van der Waals surface area contributed by atoms with Gasteiger partial charge in [-0.3, -0.25) is 4.52 Å². The largest absolute Gasteiger partial charge is 0.587 e. The molecule has 0 unspecified atom stereocenters. The number of aromatic nitrogens is 4. The highest BCUT2D eigenvalue weighted by molar-refractivity contribution is 7.49. The number of aliphatic hydroxyl groups excluding tert-OH is 1. The van der Waals surface area contributed by atoms with Gasteiger partial charge in [-0.2, -0.15) is 4.98 Å². The van der Waals surface area contributed by atoms with Gasteiger partial charge in [0.05, 0.1) is 32.2 Å². The van der Waals surface area contributed by atoms with Gasteiger partial charge >= 0.3 is 7.82 Å². The maximum absolute atomic E-state index is 14.1. The van der Waals surface area contributed by atoms with Crippen LogP contribution in [0, 0.1) is 12.8 Å². The summed E-state index contributed by atoms with van der Waals surface area (Å²) in [4.78, 5) is 13.2. The summed E-state index contributed by atoms with van der Waals surface area (Å²) in [6, 6.07) is 9.09. The average molecular weight is 611 g/mol. The van der Waals surface area contributed by atoms with E-state index < -0.39 is 19.8 Å². The Bertz CT molecular complexity index is 1710. The predicted octanol–water partition coefficient (Wildman–Crippen LogP) is 4.36. The number of nitrogens with zero attached hydrogens (tertiary/aromatic N) is 4. The van der Waals surface area contributed by atoms with Crippen LogP contribution >= 0.6 is 7.82 Å². The minimum atomic E-state index is -4.36. The van der Waals surface area contributed by atoms with E-state index in [1.54, 1.807) is 37.5 Å². The zero-order chi connectivity index (χ0) is 29.7. The van der Waals surface area contributed by atoms with E-state index in [1.807, 2.05) is 4.57 Å². The van der Waals surface area contributed by atoms with Crippen molar-refractivity contribution < 1.29 is 46.9 Å². The summed E-state index contributed by atoms with van der Waals surface area (Å²) in [7, 11) is -2.84. The molecular formula is C28H27N4O10P. The van der Waals surface area contributed by atoms with E-state index in [0.29, 0.717) is 57.9 Å². The number of benzene rings is 2. The molecule has 4 heterocycles. The van der Waals surface area contributed by atoms with Crippen molar-refractivity contribution in [1.82, 2.24) is 19.5 Å². The van der Waals surface area contributed by atoms with Gasteiger partial charge in [0.25, 0.3) is 0 Å². The Labute approximate surface area is 245 Å². The normalized spacial score (nSPS) is 20.5. The molecule has 1 saturated carbocycles. The molecule has 14 nitrogen and oxygen atoms in total. The number of phosphoric acid groups is 1. The third-order valence-corrected chi connectivity index (χ3v) is 8.73. The first kappa shape index (κ1) is 27.3. The first-order valence-electron chi connectivity index (χ1n) is 13.4. The number of ether oxygens (including phenoxy) is 5. The average Bonchev–Trinajstić information content (AvgIpc) is 3.78. The summed E-state index contributed by atoms with van der Waals surface area (Å²) in [5, 5.41) is 11.1. The van der Waals surface area contributed by atoms with E-state index in [0.717, 1.165) is 0 Å². The van der Waals surface area contributed by atoms with Crippen LogP contribution in [0.3, 0.4) is 0 Å². The molecule has 7 rings (SSSR count). The van der Waals surface area contributed by atoms with E-state index in [-0.39, 0.29) is 37.7 Å². The molecule has 0 bridgehead atoms. The van der Waals surface area contributed by atoms with Gasteiger partial charge in [0.15, 0.2) is 34.2 Å². The van der Waals surface area contributed by atoms with Crippen LogP contribution in [0.2, 0.25) is 0 Å². The first-order chi connectivity index (χ1) is 20.8. The quantitative estimate of drug-likeness (QED) is 0.211. The van der Waals surface area contributed by atoms with Crippen LogP contribution in [0.1, 0.15) is 18.3 Å². The highest BCUT2D eigenvalue weighted by atomic mass is 31.2. The fourth-order valence-electron chi connectivity index (χ4n) is 5.28. The second kappa shape index (κ2) is 10.6. The molecule has 0 radical (unpaired) electrons. The van der Waals surface area contributed by atoms with Gasteiger partial charge in [-0.15, -0.1) is 0 Å². The van der Waals surface area contributed by atoms with E-state index in [4.69, 9.17) is 37.3 Å². The van der Waals surface area contributed by atoms with Crippen molar-refractivity contribution in [1.29, 1.82) is 0 Å². The number of hydrogen-bond donors (Lipinski definition) is 1. The molecule has 1 fully saturated rings. The maximum Gasteiger partial charge on any atom is 0.587 e. The van der Waals surface area contributed by atoms with Crippen molar-refractivity contribution in [2.75, 3.05) is 27.3 Å². The smallest absolute Gasteiger partial charge is 0.479 e. The summed E-state index contributed by atoms with van der Waals surface area (Å²) in [5.74, 6) is 2.52. The monoisotopic (exact) mass is 610 g/mol. The van der Waals surface area contributed by atoms with Crippen LogP contribution in [-0.4, -0.2) is 58.0 Å². The minimum absolute atomic E-state index is 0.0636. The molecule has 3 aliphatic rings. The van der Waals surface area contributed by atoms with Gasteiger partial charge in [0.2, 0.25) is 19.5 Å². The Hall–Kier alpha value is -4.52. The van der Waals surface area contributed by atoms with E-state index in [1.165, 1.54) is 19.2 Å². The molecule has 2 aromatic carbocycles. The zero-order valence-electron chi connectivity index (χ0n) is 23.2. The SMILES string of the molecule is C=C1[C@H](COP(=O)(Oc2ccc3c(c2)OCO3)Oc2ccc3c(c2)OCO3)[C@@H](O)C[C@@H]1n1cnc2c(OC)nc(C)nc21. The summed E-state index contributed by atoms with van der Waals surface area (Å²) in [5.41, 5.74) is 1.68. The summed E-state index contributed by atoms with van der Waals surface area (Å²) >= 11 is 0. The van der Waals surface area contributed by atoms with Crippen LogP contribution in [0.5, 0.6) is 40.4 Å². The molecule has 0 saturated heterocycles. The number of phosphoric ester groups is 1. The summed E-state index contributed by atoms with van der Waals surface area (Å²) in [6.45, 7) is 5.91. The lowest BCUT2D eigenvalue weighted by Crippen LogP contribution is -2.21. The predicted molar refractivity (Wildman–Crippen MR) is 149 cm³/mol. The third kappa shape index (κ3) is 5.07. The number of hydrogen-bond acceptors (Lipinski definition) is 13. The minimum Gasteiger partial charge on any atom is -0.479 e. The highest BCUT2D eigenvalue weighted by Gasteiger charge is 2.42. The number of aliphatic hydroxyl groups is 1. The fourth-order valence-corrected chi connectivity index (χ4v) is 6.51. The first-order valence-corrected chi connectivity index (χ1v) is 14.8. The molecule has 43 heavy (non-hydrogen) atoms. The molecular weight excluding hydrogens is 583 g/mol. The van der Waals surface area contributed by atoms with E-state index in [9.17, 15) is 9.67 Å². The molecule has 0 amide bonds. The lowest BCUT2D eigenvalue weighted by Gasteiger charge is -2.23. The molecule has 2 aromatic heterocycles. The molecule has 1 aliphatic carbocycles. The summed E-state index contributed by atoms with van der Waals surface area (Å²) in [6.07, 6.45) is 1.05. The van der Waals surface area contributed by atoms with Gasteiger partial charge < -0.3 is 42.4 Å². The van der Waals surface area contributed by atoms with Crippen LogP contribution in [0.25, 0.3) is 11.2 Å². The van der Waals surface area contributed by atoms with Gasteiger partial charge in [-0.25, -0.2) is 14.5 Å². The Morgan fingerprint density at radius 2 is 1.63 bits per heavy atom. The topological polar surface area (TPSA) is 155 Å². The van der Waals surface area contributed by atoms with Crippen molar-refractivity contribution in [2.45, 2.75) is 25.5 Å². The Morgan fingerprint density at radius 3 is 2.26 bits per heavy atom. The number of fused-ring (bicyclic) bond motifs is 3. The summed E-state index contributed by atoms with van der Waals surface area (Å²) < 4.78 is 60.4. The van der Waals surface area contributed by atoms with Gasteiger partial charge in [0.1, 0.15) is 17.3 Å². The fraction of sp³-hybridized carbons (Fsp3) is 0.321. The Morgan fingerprint density at radius 1 is 1.00 bits per heavy atom. The standard InChI is InChI=1S/C28H27N4O10P/c1-15-19(21(33)10-20(15)32-12-29-26-27(32)30-16(2)31-28(26)35-3)11-40-43(34,41-17-4-6-22-24(8-17)38-13-36-22)42-18-5-7-23-25(9-18)39-14-37-23/h4-9,12,19-21,33H,1,10-11,13-14H2,2-3H3/t19-,20-,21-/m0/s1.